The van der Waals surface area contributed by atoms with Crippen molar-refractivity contribution in [1.29, 1.82) is 0 Å². The van der Waals surface area contributed by atoms with Crippen LogP contribution < -0.4 is 10.9 Å². The third-order valence-corrected chi connectivity index (χ3v) is 8.87. The molecule has 6 aromatic rings. The van der Waals surface area contributed by atoms with Gasteiger partial charge in [0.15, 0.2) is 11.2 Å². The highest BCUT2D eigenvalue weighted by Crippen LogP contribution is 2.50. The SMILES string of the molecule is O=c1[nH]c(N[C@H]2c3ccc4ccc5cccc6cc(c3c4c56)[C@H]2O)nc2c1ncn2[C@H]1C[C@H](OP(=O)(O)O)[C@@H](CO)O1. The molecule has 2 aromatic heterocycles. The Bertz CT molecular complexity index is 2140. The maximum absolute atomic E-state index is 13.0. The number of benzene rings is 4. The summed E-state index contributed by atoms with van der Waals surface area (Å²) in [4.78, 5) is 43.0. The van der Waals surface area contributed by atoms with Crippen LogP contribution in [0.25, 0.3) is 43.5 Å². The molecule has 2 aliphatic rings. The Morgan fingerprint density at radius 3 is 2.62 bits per heavy atom. The minimum atomic E-state index is -4.84. The molecule has 1 aliphatic carbocycles. The van der Waals surface area contributed by atoms with Crippen molar-refractivity contribution in [3.63, 3.8) is 0 Å². The van der Waals surface area contributed by atoms with E-state index in [0.717, 1.165) is 43.4 Å². The molecule has 0 radical (unpaired) electrons. The summed E-state index contributed by atoms with van der Waals surface area (Å²) in [6, 6.07) is 15.7. The number of hydrogen-bond donors (Lipinski definition) is 6. The molecular formula is C28H24N5O8P. The van der Waals surface area contributed by atoms with Gasteiger partial charge < -0.3 is 30.1 Å². The van der Waals surface area contributed by atoms with Gasteiger partial charge in [0, 0.05) is 6.42 Å². The molecule has 8 rings (SSSR count). The number of aliphatic hydroxyl groups is 2. The quantitative estimate of drug-likeness (QED) is 0.124. The molecule has 1 aliphatic heterocycles. The van der Waals surface area contributed by atoms with Gasteiger partial charge in [-0.05, 0) is 49.5 Å². The fraction of sp³-hybridized carbons (Fsp3) is 0.250. The molecule has 6 N–H and O–H groups in total. The lowest BCUT2D eigenvalue weighted by Gasteiger charge is -2.19. The molecule has 0 bridgehead atoms. The van der Waals surface area contributed by atoms with Crippen LogP contribution in [0, 0.1) is 0 Å². The first-order chi connectivity index (χ1) is 20.2. The zero-order valence-electron chi connectivity index (χ0n) is 21.7. The van der Waals surface area contributed by atoms with Crippen LogP contribution in [-0.4, -0.2) is 58.3 Å². The smallest absolute Gasteiger partial charge is 0.394 e. The fourth-order valence-electron chi connectivity index (χ4n) is 6.58. The van der Waals surface area contributed by atoms with Gasteiger partial charge in [0.05, 0.1) is 19.0 Å². The summed E-state index contributed by atoms with van der Waals surface area (Å²) in [7, 11) is -4.84. The number of aromatic amines is 1. The number of anilines is 1. The third-order valence-electron chi connectivity index (χ3n) is 8.33. The standard InChI is InChI=1S/C28H24N5O8P/c34-10-18-17(41-42(37,38)39)9-19(40-18)33-11-29-24-26(33)31-28(32-27(24)36)30-23-15-7-6-13-5-4-12-2-1-3-14-8-16(25(23)35)22(15)21(13)20(12)14/h1-8,11,17-19,23,25,34-35H,9-10H2,(H2,37,38,39)(H2,30,31,32,36)/t17-,18+,19+,23-,25+/m0/s1. The number of rotatable bonds is 6. The van der Waals surface area contributed by atoms with Crippen molar-refractivity contribution < 1.29 is 33.8 Å². The Morgan fingerprint density at radius 2 is 1.83 bits per heavy atom. The molecular weight excluding hydrogens is 565 g/mol. The van der Waals surface area contributed by atoms with E-state index in [9.17, 15) is 29.4 Å². The van der Waals surface area contributed by atoms with Gasteiger partial charge in [-0.2, -0.15) is 4.98 Å². The Balaban J connectivity index is 1.18. The number of aromatic nitrogens is 4. The Labute approximate surface area is 235 Å². The summed E-state index contributed by atoms with van der Waals surface area (Å²) in [5, 5.41) is 30.9. The van der Waals surface area contributed by atoms with E-state index in [0.29, 0.717) is 0 Å². The van der Waals surface area contributed by atoms with Crippen molar-refractivity contribution >= 4 is 57.3 Å². The first-order valence-electron chi connectivity index (χ1n) is 13.3. The van der Waals surface area contributed by atoms with E-state index in [-0.39, 0.29) is 23.5 Å². The number of ether oxygens (including phenoxy) is 1. The molecule has 0 amide bonds. The molecule has 4 aromatic carbocycles. The largest absolute Gasteiger partial charge is 0.469 e. The second-order valence-corrected chi connectivity index (χ2v) is 11.9. The molecule has 0 unspecified atom stereocenters. The highest BCUT2D eigenvalue weighted by atomic mass is 31.2. The van der Waals surface area contributed by atoms with E-state index < -0.39 is 50.6 Å². The molecule has 0 saturated carbocycles. The number of phosphoric acid groups is 1. The number of imidazole rings is 1. The van der Waals surface area contributed by atoms with Gasteiger partial charge in [0.1, 0.15) is 24.5 Å². The number of nitrogens with zero attached hydrogens (tertiary/aromatic N) is 3. The minimum absolute atomic E-state index is 0.0238. The van der Waals surface area contributed by atoms with Gasteiger partial charge in [-0.15, -0.1) is 0 Å². The van der Waals surface area contributed by atoms with E-state index in [2.05, 4.69) is 38.5 Å². The number of nitrogens with one attached hydrogen (secondary N) is 2. The molecule has 1 fully saturated rings. The third kappa shape index (κ3) is 3.80. The molecule has 214 valence electrons. The second-order valence-electron chi connectivity index (χ2n) is 10.7. The lowest BCUT2D eigenvalue weighted by molar-refractivity contribution is -0.0425. The van der Waals surface area contributed by atoms with Crippen molar-refractivity contribution in [1.82, 2.24) is 19.5 Å². The summed E-state index contributed by atoms with van der Waals surface area (Å²) < 4.78 is 23.5. The Kier molecular flexibility index (Phi) is 5.53. The second kappa shape index (κ2) is 9.03. The van der Waals surface area contributed by atoms with Gasteiger partial charge in [-0.25, -0.2) is 9.55 Å². The number of H-pyrrole nitrogens is 1. The first-order valence-corrected chi connectivity index (χ1v) is 14.9. The van der Waals surface area contributed by atoms with Crippen molar-refractivity contribution in [2.24, 2.45) is 0 Å². The summed E-state index contributed by atoms with van der Waals surface area (Å²) >= 11 is 0. The Hall–Kier alpha value is -3.94. The maximum Gasteiger partial charge on any atom is 0.469 e. The van der Waals surface area contributed by atoms with Crippen LogP contribution in [0.5, 0.6) is 0 Å². The van der Waals surface area contributed by atoms with Gasteiger partial charge in [0.2, 0.25) is 5.95 Å². The number of hydrogen-bond acceptors (Lipinski definition) is 9. The topological polar surface area (TPSA) is 192 Å². The van der Waals surface area contributed by atoms with Crippen molar-refractivity contribution in [2.45, 2.75) is 37.0 Å². The predicted molar refractivity (Wildman–Crippen MR) is 152 cm³/mol. The van der Waals surface area contributed by atoms with Gasteiger partial charge in [-0.1, -0.05) is 42.5 Å². The van der Waals surface area contributed by atoms with Crippen LogP contribution in [0.3, 0.4) is 0 Å². The normalized spacial score (nSPS) is 24.1. The lowest BCUT2D eigenvalue weighted by Crippen LogP contribution is -2.26. The fourth-order valence-corrected chi connectivity index (χ4v) is 7.16. The van der Waals surface area contributed by atoms with E-state index in [1.165, 1.54) is 10.9 Å². The van der Waals surface area contributed by atoms with Crippen LogP contribution in [0.15, 0.2) is 59.7 Å². The summed E-state index contributed by atoms with van der Waals surface area (Å²) in [6.07, 6.45) is -2.56. The summed E-state index contributed by atoms with van der Waals surface area (Å²) in [5.74, 6) is 0.0975. The zero-order chi connectivity index (χ0) is 28.9. The van der Waals surface area contributed by atoms with Crippen LogP contribution >= 0.6 is 7.82 Å². The van der Waals surface area contributed by atoms with Gasteiger partial charge >= 0.3 is 7.82 Å². The molecule has 0 spiro atoms. The number of fused-ring (bicyclic) bond motifs is 1. The Morgan fingerprint density at radius 1 is 1.07 bits per heavy atom. The van der Waals surface area contributed by atoms with Crippen molar-refractivity contribution in [3.05, 3.63) is 76.3 Å². The van der Waals surface area contributed by atoms with E-state index >= 15 is 0 Å². The highest BCUT2D eigenvalue weighted by molar-refractivity contribution is 7.46. The summed E-state index contributed by atoms with van der Waals surface area (Å²) in [6.45, 7) is -0.533. The van der Waals surface area contributed by atoms with Crippen LogP contribution in [-0.2, 0) is 13.8 Å². The summed E-state index contributed by atoms with van der Waals surface area (Å²) in [5.41, 5.74) is 1.32. The maximum atomic E-state index is 13.0. The van der Waals surface area contributed by atoms with Crippen molar-refractivity contribution in [3.8, 4) is 0 Å². The molecule has 3 heterocycles. The molecule has 5 atom stereocenters. The first kappa shape index (κ1) is 25.7. The molecule has 13 nitrogen and oxygen atoms in total. The minimum Gasteiger partial charge on any atom is -0.394 e. The highest BCUT2D eigenvalue weighted by Gasteiger charge is 2.41. The monoisotopic (exact) mass is 589 g/mol. The van der Waals surface area contributed by atoms with E-state index in [1.807, 2.05) is 30.3 Å². The number of phosphoric ester groups is 1. The lowest BCUT2D eigenvalue weighted by atomic mass is 9.91. The molecule has 42 heavy (non-hydrogen) atoms. The molecule has 14 heteroatoms. The van der Waals surface area contributed by atoms with Crippen molar-refractivity contribution in [2.75, 3.05) is 11.9 Å². The van der Waals surface area contributed by atoms with Gasteiger partial charge in [-0.3, -0.25) is 18.9 Å². The van der Waals surface area contributed by atoms with E-state index in [4.69, 9.17) is 9.26 Å². The molecule has 1 saturated heterocycles. The van der Waals surface area contributed by atoms with Crippen LogP contribution in [0.1, 0.15) is 35.9 Å². The number of aliphatic hydroxyl groups excluding tert-OH is 2. The van der Waals surface area contributed by atoms with Gasteiger partial charge in [0.25, 0.3) is 5.56 Å². The average Bonchev–Trinajstić information content (AvgIpc) is 3.63. The average molecular weight is 590 g/mol. The van der Waals surface area contributed by atoms with E-state index in [1.54, 1.807) is 0 Å². The van der Waals surface area contributed by atoms with Crippen LogP contribution in [0.2, 0.25) is 0 Å². The predicted octanol–water partition coefficient (Wildman–Crippen LogP) is 2.97. The van der Waals surface area contributed by atoms with Crippen LogP contribution in [0.4, 0.5) is 5.95 Å². The zero-order valence-corrected chi connectivity index (χ0v) is 22.6.